The third-order valence-electron chi connectivity index (χ3n) is 5.70. The highest BCUT2D eigenvalue weighted by Crippen LogP contribution is 2.36. The molecule has 1 atom stereocenters. The monoisotopic (exact) mass is 481 g/mol. The van der Waals surface area contributed by atoms with Crippen LogP contribution in [0.3, 0.4) is 0 Å². The number of hydrogen-bond acceptors (Lipinski definition) is 4. The van der Waals surface area contributed by atoms with Crippen LogP contribution < -0.4 is 5.32 Å². The Balaban J connectivity index is 1.88. The molecule has 0 amide bonds. The molecule has 0 spiro atoms. The standard InChI is InChI=1S/C25H27ClF3NO3/c1-3-33-24(32)15(2)17-10-18(13-21(26)12-17)22-7-6-20(25(27,28)29)11-19(22)14-30-9-8-23(31)16-4-5-16/h6-7,10-13,15-16,30H,3-5,8-9,14H2,1-2H3. The zero-order valence-electron chi connectivity index (χ0n) is 18.6. The van der Waals surface area contributed by atoms with E-state index in [-0.39, 0.29) is 24.9 Å². The van der Waals surface area contributed by atoms with Crippen LogP contribution >= 0.6 is 11.6 Å². The zero-order valence-corrected chi connectivity index (χ0v) is 19.4. The summed E-state index contributed by atoms with van der Waals surface area (Å²) < 4.78 is 45.1. The summed E-state index contributed by atoms with van der Waals surface area (Å²) in [4.78, 5) is 24.1. The molecule has 0 aliphatic heterocycles. The van der Waals surface area contributed by atoms with Gasteiger partial charge in [-0.2, -0.15) is 13.2 Å². The van der Waals surface area contributed by atoms with Crippen molar-refractivity contribution >= 4 is 23.4 Å². The van der Waals surface area contributed by atoms with Crippen molar-refractivity contribution in [1.82, 2.24) is 5.32 Å². The fraction of sp³-hybridized carbons (Fsp3) is 0.440. The number of ether oxygens (including phenoxy) is 1. The molecule has 1 aliphatic rings. The fourth-order valence-electron chi connectivity index (χ4n) is 3.66. The molecule has 0 radical (unpaired) electrons. The number of alkyl halides is 3. The second-order valence-electron chi connectivity index (χ2n) is 8.28. The maximum Gasteiger partial charge on any atom is 0.416 e. The van der Waals surface area contributed by atoms with Gasteiger partial charge in [-0.25, -0.2) is 0 Å². The van der Waals surface area contributed by atoms with E-state index in [4.69, 9.17) is 16.3 Å². The van der Waals surface area contributed by atoms with E-state index in [0.29, 0.717) is 40.2 Å². The maximum absolute atomic E-state index is 13.3. The number of Topliss-reactive ketones (excluding diaryl/α,β-unsaturated/α-hetero) is 1. The average molecular weight is 482 g/mol. The summed E-state index contributed by atoms with van der Waals surface area (Å²) in [6.45, 7) is 4.21. The summed E-state index contributed by atoms with van der Waals surface area (Å²) in [5, 5.41) is 3.46. The SMILES string of the molecule is CCOC(=O)C(C)c1cc(Cl)cc(-c2ccc(C(F)(F)F)cc2CNCCC(=O)C2CC2)c1. The molecule has 4 nitrogen and oxygen atoms in total. The van der Waals surface area contributed by atoms with Crippen LogP contribution in [0.1, 0.15) is 55.7 Å². The normalized spacial score (nSPS) is 14.7. The first-order valence-electron chi connectivity index (χ1n) is 11.0. The summed E-state index contributed by atoms with van der Waals surface area (Å²) in [5.41, 5.74) is 1.47. The van der Waals surface area contributed by atoms with Gasteiger partial charge >= 0.3 is 12.1 Å². The summed E-state index contributed by atoms with van der Waals surface area (Å²) >= 11 is 6.29. The lowest BCUT2D eigenvalue weighted by Crippen LogP contribution is -2.19. The van der Waals surface area contributed by atoms with Gasteiger partial charge in [0.2, 0.25) is 0 Å². The number of esters is 1. The Morgan fingerprint density at radius 2 is 1.91 bits per heavy atom. The number of ketones is 1. The molecule has 1 N–H and O–H groups in total. The molecule has 1 aliphatic carbocycles. The van der Waals surface area contributed by atoms with Crippen LogP contribution in [0.25, 0.3) is 11.1 Å². The lowest BCUT2D eigenvalue weighted by atomic mass is 9.93. The summed E-state index contributed by atoms with van der Waals surface area (Å²) in [6.07, 6.45) is -2.26. The number of hydrogen-bond donors (Lipinski definition) is 1. The molecule has 2 aromatic carbocycles. The van der Waals surface area contributed by atoms with Crippen LogP contribution in [-0.2, 0) is 27.0 Å². The Hall–Kier alpha value is -2.38. The lowest BCUT2D eigenvalue weighted by molar-refractivity contribution is -0.144. The van der Waals surface area contributed by atoms with E-state index in [1.165, 1.54) is 6.07 Å². The van der Waals surface area contributed by atoms with Crippen LogP contribution in [0.4, 0.5) is 13.2 Å². The van der Waals surface area contributed by atoms with Crippen molar-refractivity contribution in [1.29, 1.82) is 0 Å². The number of carbonyl (C=O) groups excluding carboxylic acids is 2. The van der Waals surface area contributed by atoms with Crippen molar-refractivity contribution < 1.29 is 27.5 Å². The predicted molar refractivity (Wildman–Crippen MR) is 121 cm³/mol. The van der Waals surface area contributed by atoms with Gasteiger partial charge in [-0.3, -0.25) is 9.59 Å². The second kappa shape index (κ2) is 10.7. The quantitative estimate of drug-likeness (QED) is 0.326. The van der Waals surface area contributed by atoms with E-state index in [0.717, 1.165) is 25.0 Å². The Morgan fingerprint density at radius 3 is 2.55 bits per heavy atom. The molecule has 0 aromatic heterocycles. The van der Waals surface area contributed by atoms with E-state index < -0.39 is 23.6 Å². The van der Waals surface area contributed by atoms with Gasteiger partial charge in [0, 0.05) is 30.5 Å². The van der Waals surface area contributed by atoms with E-state index in [1.54, 1.807) is 32.0 Å². The zero-order chi connectivity index (χ0) is 24.2. The van der Waals surface area contributed by atoms with Gasteiger partial charge in [-0.1, -0.05) is 23.7 Å². The van der Waals surface area contributed by atoms with Gasteiger partial charge in [0.05, 0.1) is 18.1 Å². The second-order valence-corrected chi connectivity index (χ2v) is 8.72. The molecule has 0 heterocycles. The van der Waals surface area contributed by atoms with Crippen LogP contribution in [0, 0.1) is 5.92 Å². The molecular formula is C25H27ClF3NO3. The highest BCUT2D eigenvalue weighted by Gasteiger charge is 2.31. The maximum atomic E-state index is 13.3. The minimum absolute atomic E-state index is 0.155. The minimum Gasteiger partial charge on any atom is -0.466 e. The molecule has 0 bridgehead atoms. The van der Waals surface area contributed by atoms with E-state index in [1.807, 2.05) is 0 Å². The summed E-state index contributed by atoms with van der Waals surface area (Å²) in [6, 6.07) is 8.62. The number of halogens is 4. The van der Waals surface area contributed by atoms with Crippen molar-refractivity contribution in [2.75, 3.05) is 13.2 Å². The van der Waals surface area contributed by atoms with Gasteiger partial charge in [-0.15, -0.1) is 0 Å². The molecular weight excluding hydrogens is 455 g/mol. The highest BCUT2D eigenvalue weighted by molar-refractivity contribution is 6.31. The molecule has 8 heteroatoms. The van der Waals surface area contributed by atoms with Crippen molar-refractivity contribution in [3.05, 3.63) is 58.1 Å². The van der Waals surface area contributed by atoms with Crippen LogP contribution in [-0.4, -0.2) is 24.9 Å². The van der Waals surface area contributed by atoms with Crippen molar-refractivity contribution in [3.63, 3.8) is 0 Å². The highest BCUT2D eigenvalue weighted by atomic mass is 35.5. The molecule has 33 heavy (non-hydrogen) atoms. The lowest BCUT2D eigenvalue weighted by Gasteiger charge is -2.17. The molecule has 1 saturated carbocycles. The summed E-state index contributed by atoms with van der Waals surface area (Å²) in [5.74, 6) is -0.631. The molecule has 3 rings (SSSR count). The smallest absolute Gasteiger partial charge is 0.416 e. The van der Waals surface area contributed by atoms with Crippen LogP contribution in [0.15, 0.2) is 36.4 Å². The van der Waals surface area contributed by atoms with Gasteiger partial charge in [0.15, 0.2) is 0 Å². The first-order valence-corrected chi connectivity index (χ1v) is 11.4. The predicted octanol–water partition coefficient (Wildman–Crippen LogP) is 6.15. The van der Waals surface area contributed by atoms with Crippen LogP contribution in [0.5, 0.6) is 0 Å². The Bertz CT molecular complexity index is 1020. The van der Waals surface area contributed by atoms with Crippen molar-refractivity contribution in [3.8, 4) is 11.1 Å². The molecule has 2 aromatic rings. The fourth-order valence-corrected chi connectivity index (χ4v) is 3.91. The Kier molecular flexibility index (Phi) is 8.19. The number of carbonyl (C=O) groups is 2. The largest absolute Gasteiger partial charge is 0.466 e. The van der Waals surface area contributed by atoms with Gasteiger partial charge in [0.25, 0.3) is 0 Å². The molecule has 1 unspecified atom stereocenters. The number of rotatable bonds is 10. The van der Waals surface area contributed by atoms with E-state index >= 15 is 0 Å². The Labute approximate surface area is 196 Å². The molecule has 1 fully saturated rings. The van der Waals surface area contributed by atoms with Crippen molar-refractivity contribution in [2.45, 2.75) is 51.7 Å². The first-order chi connectivity index (χ1) is 15.6. The topological polar surface area (TPSA) is 55.4 Å². The number of nitrogens with one attached hydrogen (secondary N) is 1. The van der Waals surface area contributed by atoms with E-state index in [2.05, 4.69) is 5.32 Å². The van der Waals surface area contributed by atoms with Gasteiger partial charge < -0.3 is 10.1 Å². The molecule has 178 valence electrons. The third kappa shape index (κ3) is 6.81. The number of benzene rings is 2. The minimum atomic E-state index is -4.48. The van der Waals surface area contributed by atoms with Crippen molar-refractivity contribution in [2.24, 2.45) is 5.92 Å². The first kappa shape index (κ1) is 25.2. The van der Waals surface area contributed by atoms with Gasteiger partial charge in [0.1, 0.15) is 5.78 Å². The third-order valence-corrected chi connectivity index (χ3v) is 5.92. The Morgan fingerprint density at radius 1 is 1.18 bits per heavy atom. The summed E-state index contributed by atoms with van der Waals surface area (Å²) in [7, 11) is 0. The molecule has 0 saturated heterocycles. The van der Waals surface area contributed by atoms with Crippen LogP contribution in [0.2, 0.25) is 5.02 Å². The van der Waals surface area contributed by atoms with E-state index in [9.17, 15) is 22.8 Å². The average Bonchev–Trinajstić information content (AvgIpc) is 3.60. The van der Waals surface area contributed by atoms with Gasteiger partial charge in [-0.05, 0) is 73.2 Å².